The van der Waals surface area contributed by atoms with Gasteiger partial charge in [0.1, 0.15) is 0 Å². The van der Waals surface area contributed by atoms with Crippen molar-refractivity contribution in [3.63, 3.8) is 0 Å². The summed E-state index contributed by atoms with van der Waals surface area (Å²) < 4.78 is 27.0. The zero-order valence-corrected chi connectivity index (χ0v) is 13.6. The van der Waals surface area contributed by atoms with Gasteiger partial charge in [0.2, 0.25) is 10.0 Å². The smallest absolute Gasteiger partial charge is 0.251 e. The fourth-order valence-corrected chi connectivity index (χ4v) is 3.40. The third-order valence-electron chi connectivity index (χ3n) is 3.58. The van der Waals surface area contributed by atoms with Crippen molar-refractivity contribution in [2.45, 2.75) is 43.5 Å². The largest absolute Gasteiger partial charge is 0.352 e. The summed E-state index contributed by atoms with van der Waals surface area (Å²) in [5.41, 5.74) is 6.55. The summed E-state index contributed by atoms with van der Waals surface area (Å²) in [7, 11) is -3.55. The molecule has 0 bridgehead atoms. The molecule has 0 radical (unpaired) electrons. The van der Waals surface area contributed by atoms with E-state index in [9.17, 15) is 13.2 Å². The lowest BCUT2D eigenvalue weighted by Gasteiger charge is -2.11. The van der Waals surface area contributed by atoms with Gasteiger partial charge in [-0.15, -0.1) is 0 Å². The number of nitrogens with one attached hydrogen (secondary N) is 2. The van der Waals surface area contributed by atoms with Gasteiger partial charge in [0.25, 0.3) is 5.91 Å². The normalized spacial score (nSPS) is 14.8. The highest BCUT2D eigenvalue weighted by molar-refractivity contribution is 7.89. The van der Waals surface area contributed by atoms with E-state index in [0.717, 1.165) is 31.2 Å². The van der Waals surface area contributed by atoms with Crippen molar-refractivity contribution in [1.82, 2.24) is 10.0 Å². The molecule has 1 fully saturated rings. The van der Waals surface area contributed by atoms with Crippen LogP contribution in [0.1, 0.15) is 41.6 Å². The van der Waals surface area contributed by atoms with Crippen LogP contribution in [0.3, 0.4) is 0 Å². The van der Waals surface area contributed by atoms with E-state index in [1.807, 2.05) is 0 Å². The van der Waals surface area contributed by atoms with Gasteiger partial charge in [0, 0.05) is 18.2 Å². The van der Waals surface area contributed by atoms with Crippen molar-refractivity contribution in [1.29, 1.82) is 0 Å². The van der Waals surface area contributed by atoms with Crippen LogP contribution < -0.4 is 15.8 Å². The number of hydrogen-bond acceptors (Lipinski definition) is 4. The lowest BCUT2D eigenvalue weighted by molar-refractivity contribution is 0.0952. The molecule has 7 heteroatoms. The zero-order chi connectivity index (χ0) is 16.2. The quantitative estimate of drug-likeness (QED) is 0.618. The molecule has 122 valence electrons. The van der Waals surface area contributed by atoms with Crippen molar-refractivity contribution in [2.24, 2.45) is 5.73 Å². The van der Waals surface area contributed by atoms with Crippen molar-refractivity contribution in [2.75, 3.05) is 13.1 Å². The molecule has 4 N–H and O–H groups in total. The van der Waals surface area contributed by atoms with Gasteiger partial charge in [-0.25, -0.2) is 13.1 Å². The topological polar surface area (TPSA) is 101 Å². The fraction of sp³-hybridized carbons (Fsp3) is 0.533. The van der Waals surface area contributed by atoms with Gasteiger partial charge in [0.05, 0.1) is 4.90 Å². The minimum atomic E-state index is -3.55. The first-order chi connectivity index (χ1) is 10.4. The van der Waals surface area contributed by atoms with Crippen LogP contribution in [0.5, 0.6) is 0 Å². The highest BCUT2D eigenvalue weighted by Gasteiger charge is 2.28. The number of aryl methyl sites for hydroxylation is 1. The highest BCUT2D eigenvalue weighted by Crippen LogP contribution is 2.23. The molecule has 1 saturated carbocycles. The number of benzene rings is 1. The fourth-order valence-electron chi connectivity index (χ4n) is 2.07. The summed E-state index contributed by atoms with van der Waals surface area (Å²) in [5.74, 6) is -0.252. The molecule has 1 amide bonds. The maximum Gasteiger partial charge on any atom is 0.251 e. The Labute approximate surface area is 131 Å². The molecule has 0 heterocycles. The van der Waals surface area contributed by atoms with E-state index < -0.39 is 10.0 Å². The Morgan fingerprint density at radius 2 is 2.05 bits per heavy atom. The number of sulfonamides is 1. The van der Waals surface area contributed by atoms with E-state index in [2.05, 4.69) is 10.0 Å². The SMILES string of the molecule is Cc1ccc(S(=O)(=O)NC2CC2)cc1C(=O)NCCCCN. The van der Waals surface area contributed by atoms with Gasteiger partial charge < -0.3 is 11.1 Å². The van der Waals surface area contributed by atoms with E-state index in [1.54, 1.807) is 13.0 Å². The number of rotatable bonds is 8. The maximum absolute atomic E-state index is 12.2. The van der Waals surface area contributed by atoms with Crippen LogP contribution >= 0.6 is 0 Å². The Bertz CT molecular complexity index is 639. The lowest BCUT2D eigenvalue weighted by atomic mass is 10.1. The number of nitrogens with two attached hydrogens (primary N) is 1. The van der Waals surface area contributed by atoms with Gasteiger partial charge in [0.15, 0.2) is 0 Å². The van der Waals surface area contributed by atoms with Crippen molar-refractivity contribution < 1.29 is 13.2 Å². The summed E-state index contributed by atoms with van der Waals surface area (Å²) in [5, 5.41) is 2.80. The Kier molecular flexibility index (Phi) is 5.55. The van der Waals surface area contributed by atoms with Gasteiger partial charge in [-0.05, 0) is 56.8 Å². The average Bonchev–Trinajstić information content (AvgIpc) is 3.27. The molecule has 1 aliphatic rings. The van der Waals surface area contributed by atoms with E-state index in [0.29, 0.717) is 18.7 Å². The Morgan fingerprint density at radius 1 is 1.32 bits per heavy atom. The van der Waals surface area contributed by atoms with Gasteiger partial charge in [-0.2, -0.15) is 0 Å². The summed E-state index contributed by atoms with van der Waals surface area (Å²) in [6.07, 6.45) is 3.40. The van der Waals surface area contributed by atoms with Crippen LogP contribution in [0.4, 0.5) is 0 Å². The van der Waals surface area contributed by atoms with Crippen LogP contribution in [-0.2, 0) is 10.0 Å². The van der Waals surface area contributed by atoms with Gasteiger partial charge >= 0.3 is 0 Å². The Balaban J connectivity index is 2.10. The Hall–Kier alpha value is -1.44. The van der Waals surface area contributed by atoms with Crippen molar-refractivity contribution in [3.8, 4) is 0 Å². The number of hydrogen-bond donors (Lipinski definition) is 3. The monoisotopic (exact) mass is 325 g/mol. The van der Waals surface area contributed by atoms with Crippen LogP contribution in [0, 0.1) is 6.92 Å². The first-order valence-electron chi connectivity index (χ1n) is 7.55. The molecule has 0 aromatic heterocycles. The first-order valence-corrected chi connectivity index (χ1v) is 9.03. The third kappa shape index (κ3) is 4.53. The molecule has 0 atom stereocenters. The minimum Gasteiger partial charge on any atom is -0.352 e. The van der Waals surface area contributed by atoms with Crippen LogP contribution in [0.2, 0.25) is 0 Å². The van der Waals surface area contributed by atoms with Crippen LogP contribution in [0.15, 0.2) is 23.1 Å². The molecule has 6 nitrogen and oxygen atoms in total. The maximum atomic E-state index is 12.2. The predicted octanol–water partition coefficient (Wildman–Crippen LogP) is 0.904. The average molecular weight is 325 g/mol. The van der Waals surface area contributed by atoms with Crippen LogP contribution in [0.25, 0.3) is 0 Å². The molecule has 0 aliphatic heterocycles. The predicted molar refractivity (Wildman–Crippen MR) is 85.1 cm³/mol. The second-order valence-electron chi connectivity index (χ2n) is 5.62. The van der Waals surface area contributed by atoms with Crippen molar-refractivity contribution in [3.05, 3.63) is 29.3 Å². The number of amides is 1. The summed E-state index contributed by atoms with van der Waals surface area (Å²) in [6.45, 7) is 2.92. The highest BCUT2D eigenvalue weighted by atomic mass is 32.2. The molecule has 0 unspecified atom stereocenters. The Morgan fingerprint density at radius 3 is 2.68 bits per heavy atom. The summed E-state index contributed by atoms with van der Waals surface area (Å²) in [6, 6.07) is 4.68. The summed E-state index contributed by atoms with van der Waals surface area (Å²) in [4.78, 5) is 12.3. The second kappa shape index (κ2) is 7.21. The first kappa shape index (κ1) is 16.9. The number of carbonyl (C=O) groups is 1. The van der Waals surface area contributed by atoms with E-state index in [-0.39, 0.29) is 16.8 Å². The zero-order valence-electron chi connectivity index (χ0n) is 12.8. The van der Waals surface area contributed by atoms with Gasteiger partial charge in [-0.3, -0.25) is 4.79 Å². The molecule has 2 rings (SSSR count). The standard InChI is InChI=1S/C15H23N3O3S/c1-11-4-7-13(22(20,21)18-12-5-6-12)10-14(11)15(19)17-9-3-2-8-16/h4,7,10,12,18H,2-3,5-6,8-9,16H2,1H3,(H,17,19). The molecule has 0 spiro atoms. The third-order valence-corrected chi connectivity index (χ3v) is 5.10. The molecule has 0 saturated heterocycles. The molecule has 1 aromatic rings. The molecular weight excluding hydrogens is 302 g/mol. The van der Waals surface area contributed by atoms with E-state index >= 15 is 0 Å². The molecule has 1 aromatic carbocycles. The van der Waals surface area contributed by atoms with Gasteiger partial charge in [-0.1, -0.05) is 6.07 Å². The molecular formula is C15H23N3O3S. The van der Waals surface area contributed by atoms with E-state index in [1.165, 1.54) is 12.1 Å². The lowest BCUT2D eigenvalue weighted by Crippen LogP contribution is -2.28. The van der Waals surface area contributed by atoms with Crippen LogP contribution in [-0.4, -0.2) is 33.5 Å². The molecule has 1 aliphatic carbocycles. The number of unbranched alkanes of at least 4 members (excludes halogenated alkanes) is 1. The van der Waals surface area contributed by atoms with Crippen molar-refractivity contribution >= 4 is 15.9 Å². The molecule has 22 heavy (non-hydrogen) atoms. The van der Waals surface area contributed by atoms with E-state index in [4.69, 9.17) is 5.73 Å². The summed E-state index contributed by atoms with van der Waals surface area (Å²) >= 11 is 0. The number of carbonyl (C=O) groups excluding carboxylic acids is 1. The minimum absolute atomic E-state index is 0.0415. The second-order valence-corrected chi connectivity index (χ2v) is 7.34.